The van der Waals surface area contributed by atoms with Gasteiger partial charge in [0.2, 0.25) is 0 Å². The fourth-order valence-corrected chi connectivity index (χ4v) is 3.91. The summed E-state index contributed by atoms with van der Waals surface area (Å²) in [4.78, 5) is 13.7. The third kappa shape index (κ3) is 2.60. The van der Waals surface area contributed by atoms with Crippen molar-refractivity contribution in [3.05, 3.63) is 50.1 Å². The summed E-state index contributed by atoms with van der Waals surface area (Å²) in [6.45, 7) is 0. The van der Waals surface area contributed by atoms with Crippen LogP contribution in [0, 0.1) is 0 Å². The zero-order valence-electron chi connectivity index (χ0n) is 10.9. The highest BCUT2D eigenvalue weighted by atomic mass is 79.9. The molecule has 3 nitrogen and oxygen atoms in total. The lowest BCUT2D eigenvalue weighted by atomic mass is 9.94. The number of thiophene rings is 1. The van der Waals surface area contributed by atoms with E-state index in [0.29, 0.717) is 11.3 Å². The second kappa shape index (κ2) is 5.58. The van der Waals surface area contributed by atoms with Crippen molar-refractivity contribution in [2.24, 2.45) is 0 Å². The molecule has 0 bridgehead atoms. The maximum absolute atomic E-state index is 12.3. The maximum atomic E-state index is 12.3. The highest BCUT2D eigenvalue weighted by molar-refractivity contribution is 9.10. The third-order valence-electron chi connectivity index (χ3n) is 3.62. The molecule has 2 aromatic rings. The van der Waals surface area contributed by atoms with Crippen LogP contribution in [0.2, 0.25) is 0 Å². The molecule has 0 saturated heterocycles. The van der Waals surface area contributed by atoms with Gasteiger partial charge in [0, 0.05) is 20.6 Å². The molecular weight excluding hydrogens is 336 g/mol. The van der Waals surface area contributed by atoms with E-state index in [-0.39, 0.29) is 11.9 Å². The molecule has 0 radical (unpaired) electrons. The van der Waals surface area contributed by atoms with E-state index in [1.54, 1.807) is 29.5 Å². The van der Waals surface area contributed by atoms with Gasteiger partial charge < -0.3 is 11.1 Å². The summed E-state index contributed by atoms with van der Waals surface area (Å²) in [6.07, 6.45) is 3.27. The minimum atomic E-state index is -0.0465. The zero-order chi connectivity index (χ0) is 14.1. The molecule has 1 aromatic carbocycles. The number of hydrogen-bond donors (Lipinski definition) is 2. The normalized spacial score (nSPS) is 17.6. The van der Waals surface area contributed by atoms with Crippen LogP contribution in [0.4, 0.5) is 5.69 Å². The van der Waals surface area contributed by atoms with Crippen LogP contribution in [0.15, 0.2) is 34.1 Å². The Hall–Kier alpha value is -1.33. The molecule has 1 aliphatic rings. The number of nitrogens with one attached hydrogen (secondary N) is 1. The van der Waals surface area contributed by atoms with Gasteiger partial charge in [-0.15, -0.1) is 11.3 Å². The Balaban J connectivity index is 1.79. The number of nitrogens with two attached hydrogens (primary N) is 1. The fraction of sp³-hybridized carbons (Fsp3) is 0.267. The first-order valence-corrected chi connectivity index (χ1v) is 8.24. The molecule has 3 rings (SSSR count). The number of benzene rings is 1. The second-order valence-corrected chi connectivity index (χ2v) is 6.81. The van der Waals surface area contributed by atoms with E-state index < -0.39 is 0 Å². The van der Waals surface area contributed by atoms with E-state index in [1.165, 1.54) is 10.4 Å². The van der Waals surface area contributed by atoms with Gasteiger partial charge in [0.05, 0.1) is 6.04 Å². The quantitative estimate of drug-likeness (QED) is 0.807. The highest BCUT2D eigenvalue weighted by Gasteiger charge is 2.23. The number of nitrogen functional groups attached to an aromatic ring is 1. The van der Waals surface area contributed by atoms with Crippen LogP contribution in [0.5, 0.6) is 0 Å². The van der Waals surface area contributed by atoms with Crippen LogP contribution >= 0.6 is 27.3 Å². The summed E-state index contributed by atoms with van der Waals surface area (Å²) in [5.41, 5.74) is 8.30. The molecule has 1 amide bonds. The third-order valence-corrected chi connectivity index (χ3v) is 5.30. The molecule has 1 unspecified atom stereocenters. The van der Waals surface area contributed by atoms with Gasteiger partial charge in [-0.3, -0.25) is 4.79 Å². The summed E-state index contributed by atoms with van der Waals surface area (Å²) in [7, 11) is 0. The number of fused-ring (bicyclic) bond motifs is 1. The molecule has 20 heavy (non-hydrogen) atoms. The minimum absolute atomic E-state index is 0.0465. The Labute approximate surface area is 130 Å². The van der Waals surface area contributed by atoms with Crippen molar-refractivity contribution < 1.29 is 4.79 Å². The molecule has 0 aliphatic heterocycles. The summed E-state index contributed by atoms with van der Waals surface area (Å²) in [5.74, 6) is -0.0465. The minimum Gasteiger partial charge on any atom is -0.398 e. The van der Waals surface area contributed by atoms with Crippen molar-refractivity contribution in [3.8, 4) is 0 Å². The van der Waals surface area contributed by atoms with Crippen LogP contribution in [0.25, 0.3) is 0 Å². The Morgan fingerprint density at radius 1 is 1.40 bits per heavy atom. The van der Waals surface area contributed by atoms with Crippen molar-refractivity contribution in [1.82, 2.24) is 5.32 Å². The van der Waals surface area contributed by atoms with Gasteiger partial charge in [-0.2, -0.15) is 0 Å². The van der Waals surface area contributed by atoms with Crippen molar-refractivity contribution in [2.45, 2.75) is 25.3 Å². The first-order chi connectivity index (χ1) is 9.65. The molecule has 0 fully saturated rings. The van der Waals surface area contributed by atoms with E-state index in [0.717, 1.165) is 23.7 Å². The van der Waals surface area contributed by atoms with Crippen LogP contribution < -0.4 is 11.1 Å². The lowest BCUT2D eigenvalue weighted by Crippen LogP contribution is -2.30. The summed E-state index contributed by atoms with van der Waals surface area (Å²) >= 11 is 5.14. The van der Waals surface area contributed by atoms with E-state index in [2.05, 4.69) is 32.7 Å². The van der Waals surface area contributed by atoms with Crippen molar-refractivity contribution in [2.75, 3.05) is 5.73 Å². The molecular formula is C15H15BrN2OS. The van der Waals surface area contributed by atoms with E-state index in [9.17, 15) is 4.79 Å². The molecule has 0 saturated carbocycles. The Morgan fingerprint density at radius 3 is 3.05 bits per heavy atom. The van der Waals surface area contributed by atoms with Crippen LogP contribution in [-0.4, -0.2) is 5.91 Å². The predicted molar refractivity (Wildman–Crippen MR) is 86.0 cm³/mol. The molecule has 0 spiro atoms. The second-order valence-electron chi connectivity index (χ2n) is 4.95. The van der Waals surface area contributed by atoms with Gasteiger partial charge in [0.15, 0.2) is 0 Å². The largest absolute Gasteiger partial charge is 0.398 e. The Morgan fingerprint density at radius 2 is 2.25 bits per heavy atom. The summed E-state index contributed by atoms with van der Waals surface area (Å²) < 4.78 is 0.755. The molecule has 104 valence electrons. The molecule has 1 aromatic heterocycles. The lowest BCUT2D eigenvalue weighted by molar-refractivity contribution is 0.0933. The average Bonchev–Trinajstić information content (AvgIpc) is 2.91. The first-order valence-electron chi connectivity index (χ1n) is 6.57. The number of amides is 1. The van der Waals surface area contributed by atoms with Gasteiger partial charge in [0.25, 0.3) is 5.91 Å². The van der Waals surface area contributed by atoms with Crippen LogP contribution in [0.3, 0.4) is 0 Å². The van der Waals surface area contributed by atoms with Gasteiger partial charge in [-0.25, -0.2) is 0 Å². The zero-order valence-corrected chi connectivity index (χ0v) is 13.3. The number of carbonyl (C=O) groups excluding carboxylic acids is 1. The topological polar surface area (TPSA) is 55.1 Å². The monoisotopic (exact) mass is 350 g/mol. The smallest absolute Gasteiger partial charge is 0.251 e. The number of rotatable bonds is 2. The number of carbonyl (C=O) groups is 1. The average molecular weight is 351 g/mol. The lowest BCUT2D eigenvalue weighted by Gasteiger charge is -2.23. The van der Waals surface area contributed by atoms with Crippen LogP contribution in [0.1, 0.15) is 39.7 Å². The van der Waals surface area contributed by atoms with Crippen molar-refractivity contribution in [1.29, 1.82) is 0 Å². The van der Waals surface area contributed by atoms with E-state index >= 15 is 0 Å². The molecule has 1 aliphatic carbocycles. The Kier molecular flexibility index (Phi) is 3.81. The van der Waals surface area contributed by atoms with E-state index in [1.807, 2.05) is 0 Å². The molecule has 1 heterocycles. The summed E-state index contributed by atoms with van der Waals surface area (Å²) in [6, 6.07) is 7.53. The number of anilines is 1. The Bertz CT molecular complexity index is 653. The number of aryl methyl sites for hydroxylation is 1. The number of hydrogen-bond acceptors (Lipinski definition) is 3. The van der Waals surface area contributed by atoms with Crippen molar-refractivity contribution >= 4 is 38.9 Å². The number of halogens is 1. The van der Waals surface area contributed by atoms with Gasteiger partial charge >= 0.3 is 0 Å². The standard InChI is InChI=1S/C15H15BrN2OS/c16-11-8-9(4-5-12(11)17)15(19)18-13-2-1-3-14-10(13)6-7-20-14/h4-8,13H,1-3,17H2,(H,18,19). The fourth-order valence-electron chi connectivity index (χ4n) is 2.55. The molecule has 5 heteroatoms. The molecule has 1 atom stereocenters. The van der Waals surface area contributed by atoms with Gasteiger partial charge in [-0.05, 0) is 70.4 Å². The van der Waals surface area contributed by atoms with Gasteiger partial charge in [0.1, 0.15) is 0 Å². The SMILES string of the molecule is Nc1ccc(C(=O)NC2CCCc3sccc32)cc1Br. The molecule has 3 N–H and O–H groups in total. The maximum Gasteiger partial charge on any atom is 0.251 e. The van der Waals surface area contributed by atoms with Gasteiger partial charge in [-0.1, -0.05) is 0 Å². The summed E-state index contributed by atoms with van der Waals surface area (Å²) in [5, 5.41) is 5.24. The van der Waals surface area contributed by atoms with Crippen LogP contribution in [-0.2, 0) is 6.42 Å². The van der Waals surface area contributed by atoms with Crippen molar-refractivity contribution in [3.63, 3.8) is 0 Å². The van der Waals surface area contributed by atoms with E-state index in [4.69, 9.17) is 5.73 Å². The predicted octanol–water partition coefficient (Wildman–Crippen LogP) is 3.90. The highest BCUT2D eigenvalue weighted by Crippen LogP contribution is 2.33. The first kappa shape index (κ1) is 13.6.